The van der Waals surface area contributed by atoms with Crippen LogP contribution in [0.2, 0.25) is 0 Å². The van der Waals surface area contributed by atoms with Crippen molar-refractivity contribution in [2.75, 3.05) is 0 Å². The minimum Gasteiger partial charge on any atom is -0.423 e. The van der Waals surface area contributed by atoms with Gasteiger partial charge in [-0.25, -0.2) is 14.4 Å². The predicted molar refractivity (Wildman–Crippen MR) is 92.2 cm³/mol. The van der Waals surface area contributed by atoms with Crippen LogP contribution in [0.1, 0.15) is 11.1 Å². The second kappa shape index (κ2) is 5.91. The van der Waals surface area contributed by atoms with Crippen LogP contribution in [0.3, 0.4) is 0 Å². The van der Waals surface area contributed by atoms with E-state index in [-0.39, 0.29) is 5.82 Å². The summed E-state index contributed by atoms with van der Waals surface area (Å²) in [4.78, 5) is 9.51. The SMILES string of the molecule is OB(O)c1ccc(C2(c3ccccc3)N=c3ccc(F)cc3=N2)cc1. The molecule has 0 aliphatic carbocycles. The molecule has 1 unspecified atom stereocenters. The van der Waals surface area contributed by atoms with Gasteiger partial charge in [-0.15, -0.1) is 0 Å². The first kappa shape index (κ1) is 15.7. The molecule has 1 aliphatic heterocycles. The van der Waals surface area contributed by atoms with E-state index in [0.717, 1.165) is 11.1 Å². The molecule has 0 saturated heterocycles. The van der Waals surface area contributed by atoms with Gasteiger partial charge in [0.2, 0.25) is 5.66 Å². The van der Waals surface area contributed by atoms with Crippen molar-refractivity contribution in [2.24, 2.45) is 9.98 Å². The van der Waals surface area contributed by atoms with Crippen LogP contribution in [-0.2, 0) is 5.66 Å². The van der Waals surface area contributed by atoms with E-state index in [1.807, 2.05) is 30.3 Å². The molecule has 122 valence electrons. The average molecular weight is 332 g/mol. The lowest BCUT2D eigenvalue weighted by atomic mass is 9.79. The highest BCUT2D eigenvalue weighted by molar-refractivity contribution is 6.58. The van der Waals surface area contributed by atoms with Crippen LogP contribution in [0.15, 0.2) is 82.8 Å². The third-order valence-electron chi connectivity index (χ3n) is 4.29. The summed E-state index contributed by atoms with van der Waals surface area (Å²) >= 11 is 0. The van der Waals surface area contributed by atoms with E-state index in [2.05, 4.69) is 0 Å². The van der Waals surface area contributed by atoms with Gasteiger partial charge in [-0.05, 0) is 17.6 Å². The van der Waals surface area contributed by atoms with E-state index < -0.39 is 12.8 Å². The minimum absolute atomic E-state index is 0.361. The molecule has 6 heteroatoms. The molecule has 4 nitrogen and oxygen atoms in total. The number of fused-ring (bicyclic) bond motifs is 1. The Kier molecular flexibility index (Phi) is 3.71. The molecular weight excluding hydrogens is 318 g/mol. The third-order valence-corrected chi connectivity index (χ3v) is 4.29. The summed E-state index contributed by atoms with van der Waals surface area (Å²) in [6.45, 7) is 0. The van der Waals surface area contributed by atoms with Crippen molar-refractivity contribution in [2.45, 2.75) is 5.66 Å². The second-order valence-electron chi connectivity index (χ2n) is 5.89. The topological polar surface area (TPSA) is 65.2 Å². The lowest BCUT2D eigenvalue weighted by Crippen LogP contribution is -2.30. The Morgan fingerprint density at radius 1 is 0.760 bits per heavy atom. The zero-order chi connectivity index (χ0) is 17.4. The molecule has 1 heterocycles. The number of halogens is 1. The first-order chi connectivity index (χ1) is 12.1. The van der Waals surface area contributed by atoms with Crippen LogP contribution in [0, 0.1) is 5.82 Å². The molecule has 0 spiro atoms. The van der Waals surface area contributed by atoms with E-state index in [4.69, 9.17) is 9.98 Å². The lowest BCUT2D eigenvalue weighted by Gasteiger charge is -2.24. The van der Waals surface area contributed by atoms with Crippen LogP contribution in [-0.4, -0.2) is 17.2 Å². The van der Waals surface area contributed by atoms with E-state index in [9.17, 15) is 14.4 Å². The van der Waals surface area contributed by atoms with Crippen LogP contribution < -0.4 is 16.2 Å². The molecule has 1 atom stereocenters. The Morgan fingerprint density at radius 3 is 2.08 bits per heavy atom. The van der Waals surface area contributed by atoms with Crippen molar-refractivity contribution < 1.29 is 14.4 Å². The van der Waals surface area contributed by atoms with Crippen LogP contribution >= 0.6 is 0 Å². The summed E-state index contributed by atoms with van der Waals surface area (Å²) in [5.41, 5.74) is 0.980. The van der Waals surface area contributed by atoms with Gasteiger partial charge in [-0.2, -0.15) is 0 Å². The Hall–Kier alpha value is -2.83. The van der Waals surface area contributed by atoms with Crippen molar-refractivity contribution in [3.8, 4) is 0 Å². The smallest absolute Gasteiger partial charge is 0.423 e. The minimum atomic E-state index is -1.54. The molecule has 1 aliphatic rings. The molecule has 0 radical (unpaired) electrons. The number of benzene rings is 3. The van der Waals surface area contributed by atoms with Crippen molar-refractivity contribution in [3.05, 3.63) is 100 Å². The molecule has 0 aromatic heterocycles. The van der Waals surface area contributed by atoms with Crippen LogP contribution in [0.4, 0.5) is 4.39 Å². The normalized spacial score (nSPS) is 18.2. The molecule has 4 rings (SSSR count). The number of rotatable bonds is 3. The Balaban J connectivity index is 1.96. The van der Waals surface area contributed by atoms with Gasteiger partial charge in [-0.3, -0.25) is 0 Å². The largest absolute Gasteiger partial charge is 0.488 e. The van der Waals surface area contributed by atoms with Gasteiger partial charge < -0.3 is 10.0 Å². The molecule has 3 aromatic rings. The van der Waals surface area contributed by atoms with Gasteiger partial charge in [0.15, 0.2) is 0 Å². The van der Waals surface area contributed by atoms with Gasteiger partial charge >= 0.3 is 7.12 Å². The molecular formula is C19H14BFN2O2. The molecule has 0 saturated carbocycles. The van der Waals surface area contributed by atoms with Gasteiger partial charge in [0.1, 0.15) is 5.82 Å². The van der Waals surface area contributed by atoms with Crippen molar-refractivity contribution in [3.63, 3.8) is 0 Å². The second-order valence-corrected chi connectivity index (χ2v) is 5.89. The van der Waals surface area contributed by atoms with Gasteiger partial charge in [0, 0.05) is 17.2 Å². The Bertz CT molecular complexity index is 1040. The highest BCUT2D eigenvalue weighted by atomic mass is 19.1. The van der Waals surface area contributed by atoms with E-state index in [0.29, 0.717) is 16.2 Å². The summed E-state index contributed by atoms with van der Waals surface area (Å²) in [6.07, 6.45) is 0. The predicted octanol–water partition coefficient (Wildman–Crippen LogP) is 0.660. The Labute approximate surface area is 143 Å². The van der Waals surface area contributed by atoms with Crippen molar-refractivity contribution in [1.29, 1.82) is 0 Å². The fraction of sp³-hybridized carbons (Fsp3) is 0.0526. The summed E-state index contributed by atoms with van der Waals surface area (Å²) in [5, 5.41) is 19.7. The maximum atomic E-state index is 13.6. The molecule has 0 bridgehead atoms. The van der Waals surface area contributed by atoms with Crippen molar-refractivity contribution in [1.82, 2.24) is 0 Å². The van der Waals surface area contributed by atoms with E-state index in [1.165, 1.54) is 12.1 Å². The molecule has 0 amide bonds. The third kappa shape index (κ3) is 2.65. The fourth-order valence-electron chi connectivity index (χ4n) is 3.04. The van der Waals surface area contributed by atoms with Crippen LogP contribution in [0.5, 0.6) is 0 Å². The summed E-state index contributed by atoms with van der Waals surface area (Å²) < 4.78 is 13.6. The van der Waals surface area contributed by atoms with Gasteiger partial charge in [0.25, 0.3) is 0 Å². The standard InChI is InChI=1S/C19H14BFN2O2/c21-16-10-11-17-18(12-16)23-19(22-17,13-4-2-1-3-5-13)14-6-8-15(9-7-14)20(24)25/h1-12,24-25H. The molecule has 0 fully saturated rings. The highest BCUT2D eigenvalue weighted by Crippen LogP contribution is 2.35. The van der Waals surface area contributed by atoms with Crippen molar-refractivity contribution >= 4 is 12.6 Å². The van der Waals surface area contributed by atoms with Gasteiger partial charge in [0.05, 0.1) is 10.7 Å². The summed E-state index contributed by atoms with van der Waals surface area (Å²) in [6, 6.07) is 20.7. The lowest BCUT2D eigenvalue weighted by molar-refractivity contribution is 0.425. The first-order valence-electron chi connectivity index (χ1n) is 7.86. The summed E-state index contributed by atoms with van der Waals surface area (Å²) in [5.74, 6) is -0.361. The number of hydrogen-bond donors (Lipinski definition) is 2. The molecule has 3 aromatic carbocycles. The average Bonchev–Trinajstić information content (AvgIpc) is 3.02. The monoisotopic (exact) mass is 332 g/mol. The van der Waals surface area contributed by atoms with E-state index in [1.54, 1.807) is 30.3 Å². The Morgan fingerprint density at radius 2 is 1.40 bits per heavy atom. The zero-order valence-electron chi connectivity index (χ0n) is 13.2. The number of nitrogens with zero attached hydrogens (tertiary/aromatic N) is 2. The van der Waals surface area contributed by atoms with Gasteiger partial charge in [-0.1, -0.05) is 54.6 Å². The fourth-order valence-corrected chi connectivity index (χ4v) is 3.04. The number of hydrogen-bond acceptors (Lipinski definition) is 4. The maximum Gasteiger partial charge on any atom is 0.488 e. The van der Waals surface area contributed by atoms with E-state index >= 15 is 0 Å². The molecule has 2 N–H and O–H groups in total. The molecule has 25 heavy (non-hydrogen) atoms. The summed E-state index contributed by atoms with van der Waals surface area (Å²) in [7, 11) is -1.54. The first-order valence-corrected chi connectivity index (χ1v) is 7.86. The maximum absolute atomic E-state index is 13.6. The van der Waals surface area contributed by atoms with Crippen LogP contribution in [0.25, 0.3) is 0 Å². The quantitative estimate of drug-likeness (QED) is 0.692. The zero-order valence-corrected chi connectivity index (χ0v) is 13.2. The highest BCUT2D eigenvalue weighted by Gasteiger charge is 2.35.